The molecule has 0 radical (unpaired) electrons. The SMILES string of the molecule is OC1CCC(c2cncs2)CC1. The Morgan fingerprint density at radius 1 is 1.33 bits per heavy atom. The van der Waals surface area contributed by atoms with Crippen molar-refractivity contribution in [1.29, 1.82) is 0 Å². The van der Waals surface area contributed by atoms with Gasteiger partial charge in [-0.2, -0.15) is 0 Å². The summed E-state index contributed by atoms with van der Waals surface area (Å²) in [4.78, 5) is 5.46. The normalized spacial score (nSPS) is 30.4. The van der Waals surface area contributed by atoms with Crippen molar-refractivity contribution in [3.63, 3.8) is 0 Å². The molecule has 0 bridgehead atoms. The van der Waals surface area contributed by atoms with Gasteiger partial charge in [0.1, 0.15) is 0 Å². The van der Waals surface area contributed by atoms with Crippen LogP contribution in [0.4, 0.5) is 0 Å². The molecule has 0 amide bonds. The Morgan fingerprint density at radius 2 is 2.08 bits per heavy atom. The predicted molar refractivity (Wildman–Crippen MR) is 49.3 cm³/mol. The fourth-order valence-electron chi connectivity index (χ4n) is 1.79. The maximum Gasteiger partial charge on any atom is 0.0794 e. The minimum atomic E-state index is -0.0471. The summed E-state index contributed by atoms with van der Waals surface area (Å²) >= 11 is 1.74. The molecule has 0 saturated heterocycles. The zero-order chi connectivity index (χ0) is 8.39. The molecule has 2 rings (SSSR count). The summed E-state index contributed by atoms with van der Waals surface area (Å²) in [7, 11) is 0. The fraction of sp³-hybridized carbons (Fsp3) is 0.667. The molecule has 1 aromatic rings. The quantitative estimate of drug-likeness (QED) is 0.723. The van der Waals surface area contributed by atoms with E-state index in [1.165, 1.54) is 4.88 Å². The monoisotopic (exact) mass is 183 g/mol. The highest BCUT2D eigenvalue weighted by atomic mass is 32.1. The molecular formula is C9H13NOS. The second-order valence-electron chi connectivity index (χ2n) is 3.41. The first-order chi connectivity index (χ1) is 5.86. The van der Waals surface area contributed by atoms with Crippen molar-refractivity contribution in [1.82, 2.24) is 4.98 Å². The summed E-state index contributed by atoms with van der Waals surface area (Å²) < 4.78 is 0. The first kappa shape index (κ1) is 8.20. The fourth-order valence-corrected chi connectivity index (χ4v) is 2.58. The van der Waals surface area contributed by atoms with Crippen molar-refractivity contribution >= 4 is 11.3 Å². The largest absolute Gasteiger partial charge is 0.393 e. The maximum atomic E-state index is 9.31. The maximum absolute atomic E-state index is 9.31. The molecule has 2 nitrogen and oxygen atoms in total. The van der Waals surface area contributed by atoms with Crippen LogP contribution in [0.2, 0.25) is 0 Å². The van der Waals surface area contributed by atoms with Crippen LogP contribution in [0.1, 0.15) is 36.5 Å². The molecule has 1 heterocycles. The summed E-state index contributed by atoms with van der Waals surface area (Å²) in [6.45, 7) is 0. The lowest BCUT2D eigenvalue weighted by atomic mass is 9.87. The molecule has 1 aliphatic carbocycles. The van der Waals surface area contributed by atoms with Gasteiger partial charge in [0.25, 0.3) is 0 Å². The van der Waals surface area contributed by atoms with Gasteiger partial charge in [0, 0.05) is 11.1 Å². The molecule has 1 saturated carbocycles. The molecule has 12 heavy (non-hydrogen) atoms. The van der Waals surface area contributed by atoms with E-state index >= 15 is 0 Å². The van der Waals surface area contributed by atoms with Crippen LogP contribution in [0.15, 0.2) is 11.7 Å². The van der Waals surface area contributed by atoms with Crippen molar-refractivity contribution in [2.45, 2.75) is 37.7 Å². The highest BCUT2D eigenvalue weighted by molar-refractivity contribution is 7.09. The Balaban J connectivity index is 1.99. The van der Waals surface area contributed by atoms with E-state index in [9.17, 15) is 5.11 Å². The van der Waals surface area contributed by atoms with Crippen LogP contribution in [0.25, 0.3) is 0 Å². The van der Waals surface area contributed by atoms with E-state index in [1.807, 2.05) is 11.7 Å². The highest BCUT2D eigenvalue weighted by Gasteiger charge is 2.21. The third-order valence-electron chi connectivity index (χ3n) is 2.55. The van der Waals surface area contributed by atoms with Crippen LogP contribution in [0, 0.1) is 0 Å². The lowest BCUT2D eigenvalue weighted by Crippen LogP contribution is -2.16. The number of aliphatic hydroxyl groups excluding tert-OH is 1. The van der Waals surface area contributed by atoms with Crippen LogP contribution in [0.5, 0.6) is 0 Å². The van der Waals surface area contributed by atoms with E-state index in [0.717, 1.165) is 25.7 Å². The number of thiazole rings is 1. The van der Waals surface area contributed by atoms with E-state index < -0.39 is 0 Å². The minimum absolute atomic E-state index is 0.0471. The summed E-state index contributed by atoms with van der Waals surface area (Å²) in [5.41, 5.74) is 1.89. The molecule has 0 spiro atoms. The van der Waals surface area contributed by atoms with Crippen LogP contribution >= 0.6 is 11.3 Å². The number of aliphatic hydroxyl groups is 1. The van der Waals surface area contributed by atoms with Gasteiger partial charge in [-0.15, -0.1) is 11.3 Å². The number of nitrogens with zero attached hydrogens (tertiary/aromatic N) is 1. The van der Waals surface area contributed by atoms with Gasteiger partial charge in [-0.05, 0) is 31.6 Å². The Morgan fingerprint density at radius 3 is 2.67 bits per heavy atom. The van der Waals surface area contributed by atoms with E-state index in [-0.39, 0.29) is 6.10 Å². The Labute approximate surface area is 76.3 Å². The summed E-state index contributed by atoms with van der Waals surface area (Å²) in [6.07, 6.45) is 6.10. The molecule has 0 unspecified atom stereocenters. The lowest BCUT2D eigenvalue weighted by Gasteiger charge is -2.23. The first-order valence-corrected chi connectivity index (χ1v) is 5.30. The predicted octanol–water partition coefficient (Wildman–Crippen LogP) is 2.16. The van der Waals surface area contributed by atoms with E-state index in [0.29, 0.717) is 5.92 Å². The van der Waals surface area contributed by atoms with Gasteiger partial charge >= 0.3 is 0 Å². The standard InChI is InChI=1S/C9H13NOS/c11-8-3-1-7(2-4-8)9-5-10-6-12-9/h5-8,11H,1-4H2. The molecule has 66 valence electrons. The first-order valence-electron chi connectivity index (χ1n) is 4.42. The van der Waals surface area contributed by atoms with Gasteiger partial charge in [-0.25, -0.2) is 0 Å². The van der Waals surface area contributed by atoms with Crippen molar-refractivity contribution < 1.29 is 5.11 Å². The van der Waals surface area contributed by atoms with Gasteiger partial charge in [0.15, 0.2) is 0 Å². The van der Waals surface area contributed by atoms with Crippen molar-refractivity contribution in [2.24, 2.45) is 0 Å². The van der Waals surface area contributed by atoms with Crippen LogP contribution in [0.3, 0.4) is 0 Å². The molecule has 0 aromatic carbocycles. The van der Waals surface area contributed by atoms with Gasteiger partial charge in [0.2, 0.25) is 0 Å². The second-order valence-corrected chi connectivity index (χ2v) is 4.33. The van der Waals surface area contributed by atoms with Gasteiger partial charge in [-0.3, -0.25) is 4.98 Å². The average Bonchev–Trinajstić information content (AvgIpc) is 2.58. The van der Waals surface area contributed by atoms with Crippen molar-refractivity contribution in [3.8, 4) is 0 Å². The average molecular weight is 183 g/mol. The molecule has 1 aliphatic rings. The molecular weight excluding hydrogens is 170 g/mol. The molecule has 1 fully saturated rings. The summed E-state index contributed by atoms with van der Waals surface area (Å²) in [6, 6.07) is 0. The Hall–Kier alpha value is -0.410. The second kappa shape index (κ2) is 3.54. The third kappa shape index (κ3) is 1.67. The lowest BCUT2D eigenvalue weighted by molar-refractivity contribution is 0.123. The number of hydrogen-bond acceptors (Lipinski definition) is 3. The Bertz CT molecular complexity index is 227. The Kier molecular flexibility index (Phi) is 2.42. The van der Waals surface area contributed by atoms with Crippen molar-refractivity contribution in [3.05, 3.63) is 16.6 Å². The number of rotatable bonds is 1. The molecule has 1 aromatic heterocycles. The van der Waals surface area contributed by atoms with Crippen LogP contribution < -0.4 is 0 Å². The number of hydrogen-bond donors (Lipinski definition) is 1. The van der Waals surface area contributed by atoms with E-state index in [4.69, 9.17) is 0 Å². The highest BCUT2D eigenvalue weighted by Crippen LogP contribution is 2.34. The summed E-state index contributed by atoms with van der Waals surface area (Å²) in [5, 5.41) is 9.31. The molecule has 0 atom stereocenters. The smallest absolute Gasteiger partial charge is 0.0794 e. The minimum Gasteiger partial charge on any atom is -0.393 e. The molecule has 0 aliphatic heterocycles. The van der Waals surface area contributed by atoms with Gasteiger partial charge in [0.05, 0.1) is 11.6 Å². The molecule has 1 N–H and O–H groups in total. The number of aromatic nitrogens is 1. The topological polar surface area (TPSA) is 33.1 Å². The van der Waals surface area contributed by atoms with E-state index in [1.54, 1.807) is 11.3 Å². The van der Waals surface area contributed by atoms with Crippen LogP contribution in [-0.2, 0) is 0 Å². The van der Waals surface area contributed by atoms with Gasteiger partial charge in [-0.1, -0.05) is 0 Å². The van der Waals surface area contributed by atoms with Gasteiger partial charge < -0.3 is 5.11 Å². The zero-order valence-corrected chi connectivity index (χ0v) is 7.76. The van der Waals surface area contributed by atoms with E-state index in [2.05, 4.69) is 4.98 Å². The summed E-state index contributed by atoms with van der Waals surface area (Å²) in [5.74, 6) is 0.667. The zero-order valence-electron chi connectivity index (χ0n) is 6.94. The van der Waals surface area contributed by atoms with Crippen molar-refractivity contribution in [2.75, 3.05) is 0 Å². The third-order valence-corrected chi connectivity index (χ3v) is 3.49. The molecule has 3 heteroatoms. The van der Waals surface area contributed by atoms with Crippen LogP contribution in [-0.4, -0.2) is 16.2 Å².